The fourth-order valence-electron chi connectivity index (χ4n) is 1.62. The highest BCUT2D eigenvalue weighted by molar-refractivity contribution is 6.28. The Kier molecular flexibility index (Phi) is 5.93. The van der Waals surface area contributed by atoms with Crippen molar-refractivity contribution in [1.29, 1.82) is 0 Å². The summed E-state index contributed by atoms with van der Waals surface area (Å²) in [4.78, 5) is 23.8. The molecule has 0 spiro atoms. The summed E-state index contributed by atoms with van der Waals surface area (Å²) >= 11 is 5.79. The standard InChI is InChI=1S/C14H17ClN6O2/c1-3-16-13-17-12(15)18-14(19-13)21-20-11(22)9(2)23-10-7-5-4-6-8-10/h4-9H,3H2,1-2H3,(H,20,22)(H2,16,17,18,19,21)/t9-/m0/s1. The molecule has 9 heteroatoms. The lowest BCUT2D eigenvalue weighted by Gasteiger charge is -2.15. The van der Waals surface area contributed by atoms with Gasteiger partial charge < -0.3 is 10.1 Å². The van der Waals surface area contributed by atoms with Crippen LogP contribution in [0, 0.1) is 0 Å². The van der Waals surface area contributed by atoms with E-state index in [9.17, 15) is 4.79 Å². The van der Waals surface area contributed by atoms with E-state index in [1.807, 2.05) is 25.1 Å². The van der Waals surface area contributed by atoms with Crippen LogP contribution in [0.4, 0.5) is 11.9 Å². The van der Waals surface area contributed by atoms with Crippen LogP contribution >= 0.6 is 11.6 Å². The molecule has 0 aliphatic carbocycles. The molecule has 0 fully saturated rings. The van der Waals surface area contributed by atoms with E-state index in [2.05, 4.69) is 31.1 Å². The molecule has 0 radical (unpaired) electrons. The molecule has 1 heterocycles. The van der Waals surface area contributed by atoms with Crippen molar-refractivity contribution in [3.63, 3.8) is 0 Å². The molecule has 1 atom stereocenters. The molecular weight excluding hydrogens is 320 g/mol. The molecule has 0 unspecified atom stereocenters. The Balaban J connectivity index is 1.91. The summed E-state index contributed by atoms with van der Waals surface area (Å²) in [7, 11) is 0. The molecule has 122 valence electrons. The Bertz CT molecular complexity index is 655. The average Bonchev–Trinajstić information content (AvgIpc) is 2.53. The van der Waals surface area contributed by atoms with Gasteiger partial charge in [0.1, 0.15) is 5.75 Å². The number of hydrogen-bond acceptors (Lipinski definition) is 7. The van der Waals surface area contributed by atoms with Crippen LogP contribution in [0.25, 0.3) is 0 Å². The molecule has 2 rings (SSSR count). The van der Waals surface area contributed by atoms with Gasteiger partial charge in [0.25, 0.3) is 5.91 Å². The van der Waals surface area contributed by atoms with Crippen molar-refractivity contribution in [2.45, 2.75) is 20.0 Å². The molecule has 0 saturated carbocycles. The van der Waals surface area contributed by atoms with E-state index in [1.165, 1.54) is 0 Å². The van der Waals surface area contributed by atoms with Crippen LogP contribution < -0.4 is 20.9 Å². The van der Waals surface area contributed by atoms with Gasteiger partial charge >= 0.3 is 0 Å². The lowest BCUT2D eigenvalue weighted by Crippen LogP contribution is -2.40. The van der Waals surface area contributed by atoms with Crippen LogP contribution in [0.15, 0.2) is 30.3 Å². The van der Waals surface area contributed by atoms with Gasteiger partial charge in [-0.2, -0.15) is 15.0 Å². The number of anilines is 2. The fraction of sp³-hybridized carbons (Fsp3) is 0.286. The molecular formula is C14H17ClN6O2. The number of nitrogens with one attached hydrogen (secondary N) is 3. The van der Waals surface area contributed by atoms with Crippen molar-refractivity contribution in [2.75, 3.05) is 17.3 Å². The van der Waals surface area contributed by atoms with E-state index in [0.717, 1.165) is 0 Å². The molecule has 0 aliphatic heterocycles. The normalized spacial score (nSPS) is 11.4. The number of amides is 1. The van der Waals surface area contributed by atoms with E-state index in [1.54, 1.807) is 19.1 Å². The second-order valence-electron chi connectivity index (χ2n) is 4.47. The molecule has 1 aromatic carbocycles. The maximum Gasteiger partial charge on any atom is 0.279 e. The number of nitrogens with zero attached hydrogens (tertiary/aromatic N) is 3. The predicted molar refractivity (Wildman–Crippen MR) is 87.3 cm³/mol. The van der Waals surface area contributed by atoms with Gasteiger partial charge in [0, 0.05) is 6.54 Å². The van der Waals surface area contributed by atoms with Gasteiger partial charge in [0.15, 0.2) is 6.10 Å². The highest BCUT2D eigenvalue weighted by atomic mass is 35.5. The molecule has 8 nitrogen and oxygen atoms in total. The second kappa shape index (κ2) is 8.14. The SMILES string of the molecule is CCNc1nc(Cl)nc(NNC(=O)[C@H](C)Oc2ccccc2)n1. The van der Waals surface area contributed by atoms with Gasteiger partial charge in [-0.3, -0.25) is 15.6 Å². The first-order valence-electron chi connectivity index (χ1n) is 7.01. The molecule has 0 bridgehead atoms. The minimum Gasteiger partial charge on any atom is -0.481 e. The third-order valence-electron chi connectivity index (χ3n) is 2.67. The predicted octanol–water partition coefficient (Wildman–Crippen LogP) is 1.87. The third kappa shape index (κ3) is 5.26. The van der Waals surface area contributed by atoms with Crippen molar-refractivity contribution in [2.24, 2.45) is 0 Å². The van der Waals surface area contributed by atoms with Crippen LogP contribution in [0.3, 0.4) is 0 Å². The van der Waals surface area contributed by atoms with Gasteiger partial charge in [-0.15, -0.1) is 0 Å². The minimum absolute atomic E-state index is 0.0151. The molecule has 0 aliphatic rings. The average molecular weight is 337 g/mol. The summed E-state index contributed by atoms with van der Waals surface area (Å²) in [6, 6.07) is 9.06. The number of hydrogen-bond donors (Lipinski definition) is 3. The zero-order valence-corrected chi connectivity index (χ0v) is 13.5. The van der Waals surface area contributed by atoms with Crippen LogP contribution in [0.2, 0.25) is 5.28 Å². The summed E-state index contributed by atoms with van der Waals surface area (Å²) in [6.45, 7) is 4.16. The number of para-hydroxylation sites is 1. The highest BCUT2D eigenvalue weighted by Crippen LogP contribution is 2.11. The maximum absolute atomic E-state index is 12.0. The number of ether oxygens (including phenoxy) is 1. The van der Waals surface area contributed by atoms with Gasteiger partial charge in [-0.05, 0) is 37.6 Å². The first-order valence-corrected chi connectivity index (χ1v) is 7.39. The fourth-order valence-corrected chi connectivity index (χ4v) is 1.78. The zero-order chi connectivity index (χ0) is 16.7. The number of carbonyl (C=O) groups is 1. The number of hydrazine groups is 1. The van der Waals surface area contributed by atoms with Gasteiger partial charge in [-0.25, -0.2) is 0 Å². The Hall–Kier alpha value is -2.61. The van der Waals surface area contributed by atoms with E-state index >= 15 is 0 Å². The largest absolute Gasteiger partial charge is 0.481 e. The third-order valence-corrected chi connectivity index (χ3v) is 2.83. The quantitative estimate of drug-likeness (QED) is 0.663. The van der Waals surface area contributed by atoms with Gasteiger partial charge in [0.05, 0.1) is 0 Å². The lowest BCUT2D eigenvalue weighted by atomic mass is 10.3. The first-order chi connectivity index (χ1) is 11.1. The molecule has 3 N–H and O–H groups in total. The Labute approximate surface area is 138 Å². The van der Waals surface area contributed by atoms with Crippen molar-refractivity contribution < 1.29 is 9.53 Å². The highest BCUT2D eigenvalue weighted by Gasteiger charge is 2.15. The summed E-state index contributed by atoms with van der Waals surface area (Å²) in [5, 5.41) is 2.92. The van der Waals surface area contributed by atoms with Crippen LogP contribution in [0.5, 0.6) is 5.75 Å². The topological polar surface area (TPSA) is 101 Å². The van der Waals surface area contributed by atoms with E-state index in [4.69, 9.17) is 16.3 Å². The van der Waals surface area contributed by atoms with E-state index in [0.29, 0.717) is 18.2 Å². The van der Waals surface area contributed by atoms with Crippen LogP contribution in [-0.4, -0.2) is 33.5 Å². The molecule has 1 amide bonds. The van der Waals surface area contributed by atoms with E-state index < -0.39 is 6.10 Å². The van der Waals surface area contributed by atoms with E-state index in [-0.39, 0.29) is 17.1 Å². The first kappa shape index (κ1) is 16.8. The van der Waals surface area contributed by atoms with Gasteiger partial charge in [0.2, 0.25) is 17.2 Å². The Morgan fingerprint density at radius 1 is 1.22 bits per heavy atom. The van der Waals surface area contributed by atoms with Gasteiger partial charge in [-0.1, -0.05) is 18.2 Å². The number of benzene rings is 1. The molecule has 23 heavy (non-hydrogen) atoms. The Morgan fingerprint density at radius 3 is 2.61 bits per heavy atom. The number of aromatic nitrogens is 3. The molecule has 2 aromatic rings. The smallest absolute Gasteiger partial charge is 0.279 e. The van der Waals surface area contributed by atoms with Crippen molar-refractivity contribution in [3.8, 4) is 5.75 Å². The number of carbonyl (C=O) groups excluding carboxylic acids is 1. The second-order valence-corrected chi connectivity index (χ2v) is 4.81. The summed E-state index contributed by atoms with van der Waals surface area (Å²) in [5.41, 5.74) is 5.05. The summed E-state index contributed by atoms with van der Waals surface area (Å²) in [5.74, 6) is 0.669. The minimum atomic E-state index is -0.699. The molecule has 1 aromatic heterocycles. The Morgan fingerprint density at radius 2 is 1.91 bits per heavy atom. The zero-order valence-electron chi connectivity index (χ0n) is 12.7. The summed E-state index contributed by atoms with van der Waals surface area (Å²) < 4.78 is 5.51. The van der Waals surface area contributed by atoms with Crippen molar-refractivity contribution in [1.82, 2.24) is 20.4 Å². The lowest BCUT2D eigenvalue weighted by molar-refractivity contribution is -0.126. The number of halogens is 1. The van der Waals surface area contributed by atoms with Crippen molar-refractivity contribution in [3.05, 3.63) is 35.6 Å². The molecule has 0 saturated heterocycles. The van der Waals surface area contributed by atoms with Crippen LogP contribution in [-0.2, 0) is 4.79 Å². The summed E-state index contributed by atoms with van der Waals surface area (Å²) in [6.07, 6.45) is -0.699. The maximum atomic E-state index is 12.0. The number of rotatable bonds is 7. The monoisotopic (exact) mass is 336 g/mol. The van der Waals surface area contributed by atoms with Crippen molar-refractivity contribution >= 4 is 29.4 Å². The van der Waals surface area contributed by atoms with Crippen LogP contribution in [0.1, 0.15) is 13.8 Å².